The molecule has 1 saturated heterocycles. The van der Waals surface area contributed by atoms with Crippen molar-refractivity contribution in [3.63, 3.8) is 0 Å². The summed E-state index contributed by atoms with van der Waals surface area (Å²) in [4.78, 5) is 11.1. The number of rotatable bonds is 3. The Hall–Kier alpha value is -1.35. The SMILES string of the molecule is [3H]SC[C@H]1N[C@@H](c2c[nH]c3c(N)ncnc23)C(O)[C@H]1O. The normalized spacial score (nSPS) is 31.8. The van der Waals surface area contributed by atoms with Gasteiger partial charge in [-0.2, -0.15) is 12.5 Å². The lowest BCUT2D eigenvalue weighted by molar-refractivity contribution is 0.0308. The Labute approximate surface area is 115 Å². The summed E-state index contributed by atoms with van der Waals surface area (Å²) in [5.74, 6) is 0.737. The average Bonchev–Trinajstić information content (AvgIpc) is 2.97. The molecule has 0 amide bonds. The molecule has 6 N–H and O–H groups in total. The Morgan fingerprint density at radius 2 is 2.26 bits per heavy atom. The second-order valence-corrected chi connectivity index (χ2v) is 4.96. The molecule has 0 saturated carbocycles. The molecule has 0 radical (unpaired) electrons. The Bertz CT molecular complexity index is 624. The van der Waals surface area contributed by atoms with Crippen molar-refractivity contribution in [2.45, 2.75) is 24.3 Å². The maximum absolute atomic E-state index is 10.2. The van der Waals surface area contributed by atoms with Gasteiger partial charge >= 0.3 is 0 Å². The highest BCUT2D eigenvalue weighted by molar-refractivity contribution is 7.80. The number of nitrogens with two attached hydrogens (primary N) is 1. The highest BCUT2D eigenvalue weighted by atomic mass is 32.1. The van der Waals surface area contributed by atoms with Gasteiger partial charge < -0.3 is 26.2 Å². The third-order valence-corrected chi connectivity index (χ3v) is 3.89. The van der Waals surface area contributed by atoms with Gasteiger partial charge in [-0.1, -0.05) is 0 Å². The highest BCUT2D eigenvalue weighted by Gasteiger charge is 2.42. The van der Waals surface area contributed by atoms with E-state index in [2.05, 4.69) is 20.3 Å². The Balaban J connectivity index is 1.97. The Kier molecular flexibility index (Phi) is 2.80. The molecule has 19 heavy (non-hydrogen) atoms. The lowest BCUT2D eigenvalue weighted by Crippen LogP contribution is -2.34. The van der Waals surface area contributed by atoms with Crippen LogP contribution in [0, 0.1) is 0 Å². The van der Waals surface area contributed by atoms with E-state index in [4.69, 9.17) is 6.86 Å². The average molecular weight is 283 g/mol. The van der Waals surface area contributed by atoms with Crippen molar-refractivity contribution >= 4 is 29.4 Å². The van der Waals surface area contributed by atoms with Crippen LogP contribution in [0.1, 0.15) is 11.6 Å². The number of aromatic amines is 1. The molecule has 1 fully saturated rings. The third-order valence-electron chi connectivity index (χ3n) is 3.53. The fraction of sp³-hybridized carbons (Fsp3) is 0.455. The third kappa shape index (κ3) is 1.88. The molecule has 3 rings (SSSR count). The van der Waals surface area contributed by atoms with E-state index in [9.17, 15) is 10.2 Å². The summed E-state index contributed by atoms with van der Waals surface area (Å²) in [6.45, 7) is 0. The lowest BCUT2D eigenvalue weighted by atomic mass is 10.0. The van der Waals surface area contributed by atoms with E-state index in [0.29, 0.717) is 22.6 Å². The molecule has 0 aliphatic carbocycles. The minimum absolute atomic E-state index is 0.332. The van der Waals surface area contributed by atoms with Gasteiger partial charge in [0.25, 0.3) is 0 Å². The van der Waals surface area contributed by atoms with Gasteiger partial charge in [-0.25, -0.2) is 9.97 Å². The number of thiol groups is 1. The molecule has 4 atom stereocenters. The fourth-order valence-corrected chi connectivity index (χ4v) is 2.79. The second-order valence-electron chi connectivity index (χ2n) is 4.63. The number of H-pyrrole nitrogens is 1. The molecule has 0 aromatic carbocycles. The van der Waals surface area contributed by atoms with E-state index in [-0.39, 0.29) is 6.04 Å². The molecule has 1 aliphatic rings. The maximum Gasteiger partial charge on any atom is 0.151 e. The smallest absolute Gasteiger partial charge is 0.151 e. The van der Waals surface area contributed by atoms with Gasteiger partial charge in [0.2, 0.25) is 0 Å². The van der Waals surface area contributed by atoms with Gasteiger partial charge in [0.1, 0.15) is 19.1 Å². The van der Waals surface area contributed by atoms with E-state index < -0.39 is 18.2 Å². The summed E-state index contributed by atoms with van der Waals surface area (Å²) in [5, 5.41) is 23.3. The van der Waals surface area contributed by atoms with Crippen LogP contribution < -0.4 is 11.1 Å². The molecule has 3 heterocycles. The maximum atomic E-state index is 10.2. The number of aliphatic hydroxyl groups is 2. The van der Waals surface area contributed by atoms with Crippen LogP contribution in [-0.4, -0.2) is 50.3 Å². The summed E-state index contributed by atoms with van der Waals surface area (Å²) < 4.78 is 7.16. The van der Waals surface area contributed by atoms with Crippen LogP contribution in [0.3, 0.4) is 0 Å². The predicted octanol–water partition coefficient (Wildman–Crippen LogP) is -0.795. The first-order valence-corrected chi connectivity index (χ1v) is 6.49. The number of hydrogen-bond acceptors (Lipinski definition) is 7. The van der Waals surface area contributed by atoms with Crippen molar-refractivity contribution in [2.75, 3.05) is 11.5 Å². The summed E-state index contributed by atoms with van der Waals surface area (Å²) in [6, 6.07) is -0.785. The number of nitrogens with zero attached hydrogens (tertiary/aromatic N) is 2. The summed E-state index contributed by atoms with van der Waals surface area (Å²) in [7, 11) is 0. The van der Waals surface area contributed by atoms with E-state index in [1.54, 1.807) is 6.20 Å². The van der Waals surface area contributed by atoms with Gasteiger partial charge in [0.15, 0.2) is 5.82 Å². The number of anilines is 1. The summed E-state index contributed by atoms with van der Waals surface area (Å²) >= 11 is 0.873. The molecule has 1 unspecified atom stereocenters. The van der Waals surface area contributed by atoms with Gasteiger partial charge in [0, 0.05) is 23.6 Å². The summed E-state index contributed by atoms with van der Waals surface area (Å²) in [5.41, 5.74) is 7.74. The van der Waals surface area contributed by atoms with Gasteiger partial charge in [-0.15, -0.1) is 0 Å². The zero-order valence-corrected chi connectivity index (χ0v) is 10.8. The largest absolute Gasteiger partial charge is 0.389 e. The topological polar surface area (TPSA) is 120 Å². The molecule has 1 aliphatic heterocycles. The van der Waals surface area contributed by atoms with Crippen molar-refractivity contribution < 1.29 is 10.2 Å². The number of nitrogens with one attached hydrogen (secondary N) is 2. The van der Waals surface area contributed by atoms with Gasteiger partial charge in [0.05, 0.1) is 17.7 Å². The van der Waals surface area contributed by atoms with Crippen molar-refractivity contribution in [2.24, 2.45) is 0 Å². The molecule has 2 aromatic rings. The van der Waals surface area contributed by atoms with Crippen molar-refractivity contribution in [1.29, 1.82) is 1.12 Å². The second kappa shape index (κ2) is 4.64. The van der Waals surface area contributed by atoms with Crippen LogP contribution >= 0.6 is 12.5 Å². The van der Waals surface area contributed by atoms with Crippen molar-refractivity contribution in [3.05, 3.63) is 18.1 Å². The van der Waals surface area contributed by atoms with Crippen LogP contribution in [0.25, 0.3) is 11.0 Å². The van der Waals surface area contributed by atoms with Crippen LogP contribution in [0.15, 0.2) is 12.5 Å². The van der Waals surface area contributed by atoms with Gasteiger partial charge in [-0.05, 0) is 0 Å². The minimum atomic E-state index is -0.956. The molecule has 2 aromatic heterocycles. The minimum Gasteiger partial charge on any atom is -0.389 e. The molecular weight excluding hydrogens is 266 g/mol. The Morgan fingerprint density at radius 3 is 3.05 bits per heavy atom. The van der Waals surface area contributed by atoms with E-state index >= 15 is 0 Å². The zero-order valence-electron chi connectivity index (χ0n) is 10.9. The van der Waals surface area contributed by atoms with Crippen LogP contribution in [-0.2, 0) is 0 Å². The van der Waals surface area contributed by atoms with E-state index in [1.807, 2.05) is 0 Å². The van der Waals surface area contributed by atoms with Crippen molar-refractivity contribution in [1.82, 2.24) is 20.3 Å². The first-order chi connectivity index (χ1) is 9.63. The number of aliphatic hydroxyl groups excluding tert-OH is 2. The number of nitrogen functional groups attached to an aromatic ring is 1. The first kappa shape index (κ1) is 11.5. The highest BCUT2D eigenvalue weighted by Crippen LogP contribution is 2.32. The fourth-order valence-electron chi connectivity index (χ4n) is 2.50. The lowest BCUT2D eigenvalue weighted by Gasteiger charge is -2.14. The number of hydrogen-bond donors (Lipinski definition) is 6. The van der Waals surface area contributed by atoms with Crippen LogP contribution in [0.4, 0.5) is 5.82 Å². The van der Waals surface area contributed by atoms with Crippen LogP contribution in [0.2, 0.25) is 0 Å². The number of aromatic nitrogens is 3. The quantitative estimate of drug-likeness (QED) is 0.411. The number of fused-ring (bicyclic) bond motifs is 1. The van der Waals surface area contributed by atoms with Crippen molar-refractivity contribution in [3.8, 4) is 0 Å². The zero-order chi connectivity index (χ0) is 14.3. The van der Waals surface area contributed by atoms with Gasteiger partial charge in [-0.3, -0.25) is 0 Å². The standard InChI is InChI=1S/C11H15N5O2S/c12-11-8-6(14-3-15-11)4(1-13-8)7-10(18)9(17)5(2-19)16-7/h1,3,5,7,9-10,13,16-19H,2H2,(H2,12,14,15)/t5-,7+,9+,10?/m1/s1/i/hT. The Morgan fingerprint density at radius 1 is 1.42 bits per heavy atom. The molecule has 8 heteroatoms. The monoisotopic (exact) mass is 283 g/mol. The molecule has 0 bridgehead atoms. The molecule has 102 valence electrons. The molecular formula is C11H15N5O2S. The first-order valence-electron chi connectivity index (χ1n) is 6.32. The van der Waals surface area contributed by atoms with Crippen LogP contribution in [0.5, 0.6) is 0 Å². The van der Waals surface area contributed by atoms with E-state index in [1.165, 1.54) is 6.33 Å². The van der Waals surface area contributed by atoms with E-state index in [0.717, 1.165) is 18.1 Å². The molecule has 7 nitrogen and oxygen atoms in total. The predicted molar refractivity (Wildman–Crippen MR) is 73.8 cm³/mol. The summed E-state index contributed by atoms with van der Waals surface area (Å²) in [6.07, 6.45) is 1.20. The molecule has 0 spiro atoms.